The predicted molar refractivity (Wildman–Crippen MR) is 90.3 cm³/mol. The number of rotatable bonds is 6. The van der Waals surface area contributed by atoms with Gasteiger partial charge in [0.15, 0.2) is 0 Å². The fourth-order valence-electron chi connectivity index (χ4n) is 2.40. The minimum atomic E-state index is 0.0461. The summed E-state index contributed by atoms with van der Waals surface area (Å²) in [5.74, 6) is 1.14. The molecule has 2 rings (SSSR count). The third-order valence-electron chi connectivity index (χ3n) is 3.61. The van der Waals surface area contributed by atoms with Crippen molar-refractivity contribution in [3.63, 3.8) is 0 Å². The van der Waals surface area contributed by atoms with E-state index in [1.54, 1.807) is 7.11 Å². The summed E-state index contributed by atoms with van der Waals surface area (Å²) in [6.07, 6.45) is 1.43. The molecule has 0 aliphatic carbocycles. The summed E-state index contributed by atoms with van der Waals surface area (Å²) in [5, 5.41) is 2.92. The van der Waals surface area contributed by atoms with Crippen molar-refractivity contribution in [2.24, 2.45) is 5.92 Å². The Bertz CT molecular complexity index is 602. The SMILES string of the molecule is COc1ccc(NC(=O)C[C@@H](C)Cc2ccc(C)cc2)cc1. The summed E-state index contributed by atoms with van der Waals surface area (Å²) in [4.78, 5) is 12.1. The summed E-state index contributed by atoms with van der Waals surface area (Å²) < 4.78 is 5.10. The second-order valence-electron chi connectivity index (χ2n) is 5.78. The number of hydrogen-bond acceptors (Lipinski definition) is 2. The van der Waals surface area contributed by atoms with Crippen LogP contribution in [0.15, 0.2) is 48.5 Å². The van der Waals surface area contributed by atoms with E-state index >= 15 is 0 Å². The minimum absolute atomic E-state index is 0.0461. The Kier molecular flexibility index (Phi) is 5.59. The van der Waals surface area contributed by atoms with E-state index in [0.717, 1.165) is 17.9 Å². The molecule has 22 heavy (non-hydrogen) atoms. The molecule has 3 nitrogen and oxygen atoms in total. The second-order valence-corrected chi connectivity index (χ2v) is 5.78. The average Bonchev–Trinajstić information content (AvgIpc) is 2.50. The van der Waals surface area contributed by atoms with Crippen molar-refractivity contribution >= 4 is 11.6 Å². The van der Waals surface area contributed by atoms with Crippen LogP contribution in [0.2, 0.25) is 0 Å². The van der Waals surface area contributed by atoms with Crippen LogP contribution in [0, 0.1) is 12.8 Å². The van der Waals surface area contributed by atoms with Crippen molar-refractivity contribution in [2.75, 3.05) is 12.4 Å². The predicted octanol–water partition coefficient (Wildman–Crippen LogP) is 4.21. The van der Waals surface area contributed by atoms with Gasteiger partial charge >= 0.3 is 0 Å². The number of aryl methyl sites for hydroxylation is 1. The van der Waals surface area contributed by atoms with E-state index < -0.39 is 0 Å². The number of nitrogens with one attached hydrogen (secondary N) is 1. The van der Waals surface area contributed by atoms with Crippen molar-refractivity contribution in [1.82, 2.24) is 0 Å². The van der Waals surface area contributed by atoms with Gasteiger partial charge in [0.05, 0.1) is 7.11 Å². The van der Waals surface area contributed by atoms with Crippen LogP contribution in [0.5, 0.6) is 5.75 Å². The first-order chi connectivity index (χ1) is 10.6. The van der Waals surface area contributed by atoms with E-state index in [-0.39, 0.29) is 5.91 Å². The zero-order chi connectivity index (χ0) is 15.9. The van der Waals surface area contributed by atoms with Crippen molar-refractivity contribution in [3.05, 3.63) is 59.7 Å². The maximum absolute atomic E-state index is 12.1. The molecule has 0 saturated heterocycles. The summed E-state index contributed by atoms with van der Waals surface area (Å²) in [6.45, 7) is 4.18. The monoisotopic (exact) mass is 297 g/mol. The molecule has 0 fully saturated rings. The fraction of sp³-hybridized carbons (Fsp3) is 0.316. The number of amides is 1. The first-order valence-corrected chi connectivity index (χ1v) is 7.56. The molecule has 2 aromatic rings. The van der Waals surface area contributed by atoms with Crippen LogP contribution in [0.4, 0.5) is 5.69 Å². The molecule has 0 radical (unpaired) electrons. The number of carbonyl (C=O) groups excluding carboxylic acids is 1. The Labute approximate surface area is 132 Å². The third kappa shape index (κ3) is 4.92. The molecular formula is C19H23NO2. The van der Waals surface area contributed by atoms with E-state index in [4.69, 9.17) is 4.74 Å². The largest absolute Gasteiger partial charge is 0.497 e. The Hall–Kier alpha value is -2.29. The Balaban J connectivity index is 1.83. The van der Waals surface area contributed by atoms with Crippen molar-refractivity contribution in [3.8, 4) is 5.75 Å². The number of benzene rings is 2. The van der Waals surface area contributed by atoms with E-state index in [0.29, 0.717) is 12.3 Å². The highest BCUT2D eigenvalue weighted by molar-refractivity contribution is 5.90. The summed E-state index contributed by atoms with van der Waals surface area (Å²) in [5.41, 5.74) is 3.33. The van der Waals surface area contributed by atoms with Gasteiger partial charge < -0.3 is 10.1 Å². The van der Waals surface area contributed by atoms with Crippen LogP contribution < -0.4 is 10.1 Å². The molecule has 0 aliphatic heterocycles. The number of carbonyl (C=O) groups is 1. The molecule has 1 amide bonds. The Morgan fingerprint density at radius 1 is 1.09 bits per heavy atom. The number of hydrogen-bond donors (Lipinski definition) is 1. The lowest BCUT2D eigenvalue weighted by atomic mass is 9.97. The lowest BCUT2D eigenvalue weighted by Crippen LogP contribution is -2.16. The van der Waals surface area contributed by atoms with Gasteiger partial charge in [-0.3, -0.25) is 4.79 Å². The molecule has 0 unspecified atom stereocenters. The zero-order valence-electron chi connectivity index (χ0n) is 13.4. The van der Waals surface area contributed by atoms with Gasteiger partial charge in [-0.2, -0.15) is 0 Å². The quantitative estimate of drug-likeness (QED) is 0.867. The second kappa shape index (κ2) is 7.64. The summed E-state index contributed by atoms with van der Waals surface area (Å²) in [6, 6.07) is 15.9. The molecule has 0 saturated carbocycles. The topological polar surface area (TPSA) is 38.3 Å². The zero-order valence-corrected chi connectivity index (χ0v) is 13.4. The van der Waals surface area contributed by atoms with Gasteiger partial charge in [0.1, 0.15) is 5.75 Å². The smallest absolute Gasteiger partial charge is 0.224 e. The van der Waals surface area contributed by atoms with E-state index in [9.17, 15) is 4.79 Å². The molecule has 0 aliphatic rings. The minimum Gasteiger partial charge on any atom is -0.497 e. The van der Waals surface area contributed by atoms with Gasteiger partial charge in [0, 0.05) is 12.1 Å². The van der Waals surface area contributed by atoms with Gasteiger partial charge in [-0.15, -0.1) is 0 Å². The number of ether oxygens (including phenoxy) is 1. The molecule has 1 atom stereocenters. The maximum Gasteiger partial charge on any atom is 0.224 e. The van der Waals surface area contributed by atoms with E-state index in [2.05, 4.69) is 43.4 Å². The first-order valence-electron chi connectivity index (χ1n) is 7.56. The molecule has 0 spiro atoms. The average molecular weight is 297 g/mol. The van der Waals surface area contributed by atoms with Gasteiger partial charge in [-0.1, -0.05) is 36.8 Å². The Morgan fingerprint density at radius 2 is 1.73 bits per heavy atom. The third-order valence-corrected chi connectivity index (χ3v) is 3.61. The van der Waals surface area contributed by atoms with E-state index in [1.165, 1.54) is 11.1 Å². The van der Waals surface area contributed by atoms with Gasteiger partial charge in [-0.25, -0.2) is 0 Å². The highest BCUT2D eigenvalue weighted by Gasteiger charge is 2.10. The molecule has 0 aromatic heterocycles. The van der Waals surface area contributed by atoms with E-state index in [1.807, 2.05) is 24.3 Å². The first kappa shape index (κ1) is 16.1. The van der Waals surface area contributed by atoms with Gasteiger partial charge in [-0.05, 0) is 49.1 Å². The standard InChI is InChI=1S/C19H23NO2/c1-14-4-6-16(7-5-14)12-15(2)13-19(21)20-17-8-10-18(22-3)11-9-17/h4-11,15H,12-13H2,1-3H3,(H,20,21)/t15-/m0/s1. The Morgan fingerprint density at radius 3 is 2.32 bits per heavy atom. The molecule has 2 aromatic carbocycles. The fourth-order valence-corrected chi connectivity index (χ4v) is 2.40. The highest BCUT2D eigenvalue weighted by atomic mass is 16.5. The van der Waals surface area contributed by atoms with Crippen LogP contribution >= 0.6 is 0 Å². The number of methoxy groups -OCH3 is 1. The molecule has 3 heteroatoms. The normalized spacial score (nSPS) is 11.8. The van der Waals surface area contributed by atoms with Crippen LogP contribution in [-0.2, 0) is 11.2 Å². The molecular weight excluding hydrogens is 274 g/mol. The van der Waals surface area contributed by atoms with Crippen LogP contribution in [0.25, 0.3) is 0 Å². The lowest BCUT2D eigenvalue weighted by Gasteiger charge is -2.12. The molecule has 0 heterocycles. The van der Waals surface area contributed by atoms with Crippen LogP contribution in [0.1, 0.15) is 24.5 Å². The summed E-state index contributed by atoms with van der Waals surface area (Å²) >= 11 is 0. The molecule has 116 valence electrons. The lowest BCUT2D eigenvalue weighted by molar-refractivity contribution is -0.116. The van der Waals surface area contributed by atoms with Crippen LogP contribution in [-0.4, -0.2) is 13.0 Å². The molecule has 0 bridgehead atoms. The van der Waals surface area contributed by atoms with Gasteiger partial charge in [0.25, 0.3) is 0 Å². The maximum atomic E-state index is 12.1. The van der Waals surface area contributed by atoms with Crippen molar-refractivity contribution in [2.45, 2.75) is 26.7 Å². The number of anilines is 1. The van der Waals surface area contributed by atoms with Crippen molar-refractivity contribution < 1.29 is 9.53 Å². The summed E-state index contributed by atoms with van der Waals surface area (Å²) in [7, 11) is 1.63. The van der Waals surface area contributed by atoms with Crippen molar-refractivity contribution in [1.29, 1.82) is 0 Å². The van der Waals surface area contributed by atoms with Gasteiger partial charge in [0.2, 0.25) is 5.91 Å². The molecule has 1 N–H and O–H groups in total. The highest BCUT2D eigenvalue weighted by Crippen LogP contribution is 2.17. The van der Waals surface area contributed by atoms with Crippen LogP contribution in [0.3, 0.4) is 0 Å².